The standard InChI is InChI=1S/C17H29N3S/c1-4-9-20(11-13-5-6-13)17-19-16(14-7-8-14)15(21-17)10-18-12(2)3/h12-14,18H,4-11H2,1-3H3. The molecule has 0 spiro atoms. The fraction of sp³-hybridized carbons (Fsp3) is 0.824. The molecule has 0 aliphatic heterocycles. The summed E-state index contributed by atoms with van der Waals surface area (Å²) < 4.78 is 0. The maximum Gasteiger partial charge on any atom is 0.185 e. The van der Waals surface area contributed by atoms with E-state index >= 15 is 0 Å². The number of hydrogen-bond acceptors (Lipinski definition) is 4. The van der Waals surface area contributed by atoms with Gasteiger partial charge in [0, 0.05) is 36.5 Å². The van der Waals surface area contributed by atoms with Crippen molar-refractivity contribution in [3.8, 4) is 0 Å². The van der Waals surface area contributed by atoms with Crippen LogP contribution in [0.2, 0.25) is 0 Å². The van der Waals surface area contributed by atoms with Crippen LogP contribution in [0.25, 0.3) is 0 Å². The molecule has 0 atom stereocenters. The van der Waals surface area contributed by atoms with Crippen LogP contribution in [0.15, 0.2) is 0 Å². The minimum Gasteiger partial charge on any atom is -0.348 e. The molecular formula is C17H29N3S. The molecule has 4 heteroatoms. The summed E-state index contributed by atoms with van der Waals surface area (Å²) in [5.41, 5.74) is 1.40. The Kier molecular flexibility index (Phi) is 4.85. The molecular weight excluding hydrogens is 278 g/mol. The molecule has 0 amide bonds. The van der Waals surface area contributed by atoms with Crippen LogP contribution < -0.4 is 10.2 Å². The van der Waals surface area contributed by atoms with Gasteiger partial charge < -0.3 is 10.2 Å². The Bertz CT molecular complexity index is 461. The topological polar surface area (TPSA) is 28.2 Å². The molecule has 0 aromatic carbocycles. The van der Waals surface area contributed by atoms with Gasteiger partial charge in [0.2, 0.25) is 0 Å². The average Bonchev–Trinajstić information content (AvgIpc) is 3.36. The van der Waals surface area contributed by atoms with Crippen LogP contribution in [0.3, 0.4) is 0 Å². The number of hydrogen-bond donors (Lipinski definition) is 1. The molecule has 2 fully saturated rings. The van der Waals surface area contributed by atoms with Crippen LogP contribution in [0.5, 0.6) is 0 Å². The van der Waals surface area contributed by atoms with Crippen LogP contribution >= 0.6 is 11.3 Å². The number of rotatable bonds is 9. The van der Waals surface area contributed by atoms with Crippen LogP contribution in [-0.2, 0) is 6.54 Å². The van der Waals surface area contributed by atoms with Crippen molar-refractivity contribution in [2.24, 2.45) is 5.92 Å². The van der Waals surface area contributed by atoms with E-state index in [1.54, 1.807) is 0 Å². The number of nitrogens with zero attached hydrogens (tertiary/aromatic N) is 2. The van der Waals surface area contributed by atoms with Crippen LogP contribution in [0.1, 0.15) is 69.4 Å². The van der Waals surface area contributed by atoms with Crippen LogP contribution in [0, 0.1) is 5.92 Å². The molecule has 0 bridgehead atoms. The van der Waals surface area contributed by atoms with Gasteiger partial charge in [-0.3, -0.25) is 0 Å². The van der Waals surface area contributed by atoms with E-state index in [1.807, 2.05) is 11.3 Å². The Hall–Kier alpha value is -0.610. The van der Waals surface area contributed by atoms with Gasteiger partial charge in [-0.15, -0.1) is 11.3 Å². The summed E-state index contributed by atoms with van der Waals surface area (Å²) in [5.74, 6) is 1.69. The summed E-state index contributed by atoms with van der Waals surface area (Å²) in [6.45, 7) is 10.1. The van der Waals surface area contributed by atoms with Crippen molar-refractivity contribution in [2.75, 3.05) is 18.0 Å². The van der Waals surface area contributed by atoms with E-state index in [2.05, 4.69) is 31.0 Å². The van der Waals surface area contributed by atoms with Crippen LogP contribution in [0.4, 0.5) is 5.13 Å². The highest BCUT2D eigenvalue weighted by Crippen LogP contribution is 2.44. The number of anilines is 1. The van der Waals surface area contributed by atoms with Crippen molar-refractivity contribution >= 4 is 16.5 Å². The summed E-state index contributed by atoms with van der Waals surface area (Å²) in [6.07, 6.45) is 6.73. The van der Waals surface area contributed by atoms with Crippen molar-refractivity contribution in [3.63, 3.8) is 0 Å². The molecule has 2 aliphatic rings. The number of thiazole rings is 1. The van der Waals surface area contributed by atoms with Crippen molar-refractivity contribution in [2.45, 2.75) is 71.4 Å². The predicted octanol–water partition coefficient (Wildman–Crippen LogP) is 4.14. The first-order valence-electron chi connectivity index (χ1n) is 8.65. The second kappa shape index (κ2) is 6.66. The molecule has 21 heavy (non-hydrogen) atoms. The zero-order chi connectivity index (χ0) is 14.8. The molecule has 2 aliphatic carbocycles. The summed E-state index contributed by atoms with van der Waals surface area (Å²) >= 11 is 1.94. The minimum absolute atomic E-state index is 0.542. The van der Waals surface area contributed by atoms with E-state index in [-0.39, 0.29) is 0 Å². The quantitative estimate of drug-likeness (QED) is 0.743. The monoisotopic (exact) mass is 307 g/mol. The first-order chi connectivity index (χ1) is 10.2. The summed E-state index contributed by atoms with van der Waals surface area (Å²) in [4.78, 5) is 9.09. The second-order valence-corrected chi connectivity index (χ2v) is 8.07. The van der Waals surface area contributed by atoms with Gasteiger partial charge in [-0.25, -0.2) is 4.98 Å². The number of nitrogens with one attached hydrogen (secondary N) is 1. The molecule has 118 valence electrons. The maximum absolute atomic E-state index is 5.05. The third kappa shape index (κ3) is 4.19. The van der Waals surface area contributed by atoms with Crippen molar-refractivity contribution < 1.29 is 0 Å². The fourth-order valence-electron chi connectivity index (χ4n) is 2.73. The number of aromatic nitrogens is 1. The molecule has 3 rings (SSSR count). The third-order valence-electron chi connectivity index (χ3n) is 4.29. The fourth-order valence-corrected chi connectivity index (χ4v) is 3.86. The molecule has 3 nitrogen and oxygen atoms in total. The van der Waals surface area contributed by atoms with Crippen molar-refractivity contribution in [1.82, 2.24) is 10.3 Å². The van der Waals surface area contributed by atoms with Gasteiger partial charge in [0.05, 0.1) is 5.69 Å². The first kappa shape index (κ1) is 15.3. The van der Waals surface area contributed by atoms with Gasteiger partial charge in [0.15, 0.2) is 5.13 Å². The Balaban J connectivity index is 1.74. The highest BCUT2D eigenvalue weighted by molar-refractivity contribution is 7.15. The van der Waals surface area contributed by atoms with E-state index in [0.717, 1.165) is 24.9 Å². The highest BCUT2D eigenvalue weighted by atomic mass is 32.1. The summed E-state index contributed by atoms with van der Waals surface area (Å²) in [6, 6.07) is 0.542. The Morgan fingerprint density at radius 3 is 2.62 bits per heavy atom. The molecule has 1 N–H and O–H groups in total. The van der Waals surface area contributed by atoms with Crippen molar-refractivity contribution in [3.05, 3.63) is 10.6 Å². The third-order valence-corrected chi connectivity index (χ3v) is 5.42. The van der Waals surface area contributed by atoms with Gasteiger partial charge in [-0.05, 0) is 38.0 Å². The Labute approximate surface area is 133 Å². The lowest BCUT2D eigenvalue weighted by Crippen LogP contribution is -2.26. The largest absolute Gasteiger partial charge is 0.348 e. The van der Waals surface area contributed by atoms with Gasteiger partial charge >= 0.3 is 0 Å². The van der Waals surface area contributed by atoms with Gasteiger partial charge in [-0.2, -0.15) is 0 Å². The lowest BCUT2D eigenvalue weighted by Gasteiger charge is -2.20. The van der Waals surface area contributed by atoms with Gasteiger partial charge in [0.25, 0.3) is 0 Å². The normalized spacial score (nSPS) is 18.5. The van der Waals surface area contributed by atoms with Crippen molar-refractivity contribution in [1.29, 1.82) is 0 Å². The molecule has 1 aromatic heterocycles. The van der Waals surface area contributed by atoms with Crippen LogP contribution in [-0.4, -0.2) is 24.1 Å². The first-order valence-corrected chi connectivity index (χ1v) is 9.47. The SMILES string of the molecule is CCCN(CC1CC1)c1nc(C2CC2)c(CNC(C)C)s1. The van der Waals surface area contributed by atoms with E-state index in [4.69, 9.17) is 4.98 Å². The lowest BCUT2D eigenvalue weighted by molar-refractivity contribution is 0.590. The predicted molar refractivity (Wildman–Crippen MR) is 91.3 cm³/mol. The lowest BCUT2D eigenvalue weighted by atomic mass is 10.2. The van der Waals surface area contributed by atoms with Gasteiger partial charge in [0.1, 0.15) is 0 Å². The minimum atomic E-state index is 0.542. The van der Waals surface area contributed by atoms with E-state index in [1.165, 1.54) is 54.4 Å². The summed E-state index contributed by atoms with van der Waals surface area (Å²) in [7, 11) is 0. The zero-order valence-electron chi connectivity index (χ0n) is 13.7. The molecule has 0 unspecified atom stereocenters. The van der Waals surface area contributed by atoms with E-state index in [0.29, 0.717) is 6.04 Å². The van der Waals surface area contributed by atoms with E-state index in [9.17, 15) is 0 Å². The average molecular weight is 308 g/mol. The smallest absolute Gasteiger partial charge is 0.185 e. The Morgan fingerprint density at radius 2 is 2.05 bits per heavy atom. The summed E-state index contributed by atoms with van der Waals surface area (Å²) in [5, 5.41) is 4.86. The zero-order valence-corrected chi connectivity index (χ0v) is 14.5. The molecule has 1 heterocycles. The Morgan fingerprint density at radius 1 is 1.29 bits per heavy atom. The molecule has 0 saturated heterocycles. The van der Waals surface area contributed by atoms with Gasteiger partial charge in [-0.1, -0.05) is 20.8 Å². The highest BCUT2D eigenvalue weighted by Gasteiger charge is 2.31. The second-order valence-electron chi connectivity index (χ2n) is 7.00. The molecule has 2 saturated carbocycles. The molecule has 0 radical (unpaired) electrons. The molecule has 1 aromatic rings. The van der Waals surface area contributed by atoms with E-state index < -0.39 is 0 Å². The maximum atomic E-state index is 5.05.